The fourth-order valence-electron chi connectivity index (χ4n) is 6.24. The lowest BCUT2D eigenvalue weighted by atomic mass is 9.86. The van der Waals surface area contributed by atoms with Crippen LogP contribution in [0.15, 0.2) is 42.6 Å². The number of benzene rings is 2. The number of carboxylic acids is 1. The van der Waals surface area contributed by atoms with E-state index in [0.29, 0.717) is 17.5 Å². The maximum absolute atomic E-state index is 11.4. The average Bonchev–Trinajstić information content (AvgIpc) is 3.56. The summed E-state index contributed by atoms with van der Waals surface area (Å²) in [7, 11) is 0. The van der Waals surface area contributed by atoms with E-state index in [1.165, 1.54) is 46.0 Å². The van der Waals surface area contributed by atoms with E-state index in [1.54, 1.807) is 12.1 Å². The largest absolute Gasteiger partial charge is 0.478 e. The van der Waals surface area contributed by atoms with Crippen LogP contribution in [0.2, 0.25) is 0 Å². The van der Waals surface area contributed by atoms with Crippen molar-refractivity contribution in [3.63, 3.8) is 0 Å². The number of aryl methyl sites for hydroxylation is 1. The number of carboxylic acid groups (broad SMARTS) is 1. The molecule has 1 aromatic heterocycles. The second-order valence-electron chi connectivity index (χ2n) is 10.7. The van der Waals surface area contributed by atoms with Gasteiger partial charge in [0.25, 0.3) is 0 Å². The first-order chi connectivity index (χ1) is 17.0. The van der Waals surface area contributed by atoms with E-state index in [2.05, 4.69) is 46.1 Å². The van der Waals surface area contributed by atoms with E-state index in [0.717, 1.165) is 39.0 Å². The minimum Gasteiger partial charge on any atom is -0.478 e. The highest BCUT2D eigenvalue weighted by Gasteiger charge is 2.38. The molecule has 2 aromatic carbocycles. The van der Waals surface area contributed by atoms with Crippen LogP contribution >= 0.6 is 0 Å². The summed E-state index contributed by atoms with van der Waals surface area (Å²) in [6.45, 7) is 5.85. The van der Waals surface area contributed by atoms with Gasteiger partial charge in [0.15, 0.2) is 0 Å². The first-order valence-corrected chi connectivity index (χ1v) is 12.8. The molecule has 2 atom stereocenters. The summed E-state index contributed by atoms with van der Waals surface area (Å²) in [6, 6.07) is 15.2. The first-order valence-electron chi connectivity index (χ1n) is 12.8. The van der Waals surface area contributed by atoms with Gasteiger partial charge in [0.05, 0.1) is 17.6 Å². The molecule has 1 aliphatic carbocycles. The van der Waals surface area contributed by atoms with E-state index in [4.69, 9.17) is 0 Å². The molecule has 6 rings (SSSR count). The van der Waals surface area contributed by atoms with E-state index >= 15 is 0 Å². The molecule has 0 bridgehead atoms. The number of H-pyrrole nitrogens is 1. The number of piperidine rings is 1. The fourth-order valence-corrected chi connectivity index (χ4v) is 6.24. The lowest BCUT2D eigenvalue weighted by Gasteiger charge is -2.48. The highest BCUT2D eigenvalue weighted by molar-refractivity contribution is 5.88. The van der Waals surface area contributed by atoms with Crippen LogP contribution in [0.25, 0.3) is 10.9 Å². The third kappa shape index (κ3) is 4.13. The lowest BCUT2D eigenvalue weighted by molar-refractivity contribution is 0.0119. The summed E-state index contributed by atoms with van der Waals surface area (Å²) in [6.07, 6.45) is 6.72. The van der Waals surface area contributed by atoms with E-state index < -0.39 is 5.97 Å². The van der Waals surface area contributed by atoms with Crippen molar-refractivity contribution in [1.29, 1.82) is 5.26 Å². The zero-order valence-electron chi connectivity index (χ0n) is 20.2. The number of aromatic nitrogens is 1. The lowest BCUT2D eigenvalue weighted by Crippen LogP contribution is -2.55. The Kier molecular flexibility index (Phi) is 5.63. The number of rotatable bonds is 6. The van der Waals surface area contributed by atoms with Crippen molar-refractivity contribution in [2.45, 2.75) is 57.2 Å². The molecule has 0 radical (unpaired) electrons. The quantitative estimate of drug-likeness (QED) is 0.519. The van der Waals surface area contributed by atoms with Crippen LogP contribution in [0.4, 0.5) is 0 Å². The molecule has 180 valence electrons. The second-order valence-corrected chi connectivity index (χ2v) is 10.7. The minimum absolute atomic E-state index is 0.164. The van der Waals surface area contributed by atoms with E-state index in [1.807, 2.05) is 12.1 Å². The molecule has 6 heteroatoms. The molecule has 2 N–H and O–H groups in total. The number of nitrogens with one attached hydrogen (secondary N) is 1. The molecule has 3 aromatic rings. The van der Waals surface area contributed by atoms with Gasteiger partial charge in [0.1, 0.15) is 0 Å². The Morgan fingerprint density at radius 3 is 2.63 bits per heavy atom. The van der Waals surface area contributed by atoms with Crippen LogP contribution in [-0.4, -0.2) is 51.5 Å². The third-order valence-corrected chi connectivity index (χ3v) is 8.40. The van der Waals surface area contributed by atoms with Crippen molar-refractivity contribution in [3.8, 4) is 6.07 Å². The Morgan fingerprint density at radius 1 is 1.17 bits per heavy atom. The van der Waals surface area contributed by atoms with Gasteiger partial charge in [-0.3, -0.25) is 9.80 Å². The van der Waals surface area contributed by atoms with Gasteiger partial charge in [-0.2, -0.15) is 5.26 Å². The second kappa shape index (κ2) is 8.82. The normalized spacial score (nSPS) is 23.8. The zero-order valence-corrected chi connectivity index (χ0v) is 20.2. The van der Waals surface area contributed by atoms with Crippen molar-refractivity contribution in [1.82, 2.24) is 14.8 Å². The van der Waals surface area contributed by atoms with Crippen LogP contribution in [0.5, 0.6) is 0 Å². The van der Waals surface area contributed by atoms with Crippen LogP contribution in [0, 0.1) is 24.2 Å². The van der Waals surface area contributed by atoms with Gasteiger partial charge < -0.3 is 10.1 Å². The summed E-state index contributed by atoms with van der Waals surface area (Å²) in [5.74, 6) is -0.0451. The highest BCUT2D eigenvalue weighted by atomic mass is 16.4. The molecule has 2 aliphatic heterocycles. The number of fused-ring (bicyclic) bond motifs is 1. The summed E-state index contributed by atoms with van der Waals surface area (Å²) < 4.78 is 0. The van der Waals surface area contributed by atoms with Gasteiger partial charge in [0, 0.05) is 55.4 Å². The van der Waals surface area contributed by atoms with Gasteiger partial charge in [-0.05, 0) is 79.0 Å². The van der Waals surface area contributed by atoms with Crippen molar-refractivity contribution < 1.29 is 9.90 Å². The van der Waals surface area contributed by atoms with Crippen LogP contribution in [0.1, 0.15) is 70.3 Å². The number of carbonyl (C=O) groups is 1. The highest BCUT2D eigenvalue weighted by Crippen LogP contribution is 2.45. The molecule has 35 heavy (non-hydrogen) atoms. The maximum atomic E-state index is 11.4. The molecule has 3 fully saturated rings. The molecule has 0 amide bonds. The summed E-state index contributed by atoms with van der Waals surface area (Å²) in [5.41, 5.74) is 7.04. The summed E-state index contributed by atoms with van der Waals surface area (Å²) in [4.78, 5) is 20.0. The smallest absolute Gasteiger partial charge is 0.335 e. The van der Waals surface area contributed by atoms with Gasteiger partial charge >= 0.3 is 5.97 Å². The predicted octanol–water partition coefficient (Wildman–Crippen LogP) is 5.21. The standard InChI is InChI=1S/C29H32N4O2/c1-18-12-25(20-2-3-20)26(24-8-10-31-28(18)24)17-32-11-9-23(33-15-19(14-30)16-33)13-27(32)21-4-6-22(7-5-21)29(34)35/h4-8,10,12,19-20,23,27,31H,2-3,9,11,13,15-17H2,1H3,(H,34,35)/t23-,27-/m1/s1. The predicted molar refractivity (Wildman–Crippen MR) is 135 cm³/mol. The average molecular weight is 469 g/mol. The molecule has 3 heterocycles. The number of hydrogen-bond donors (Lipinski definition) is 2. The van der Waals surface area contributed by atoms with Crippen molar-refractivity contribution in [2.24, 2.45) is 5.92 Å². The molecule has 0 unspecified atom stereocenters. The molecule has 2 saturated heterocycles. The molecular weight excluding hydrogens is 436 g/mol. The van der Waals surface area contributed by atoms with Gasteiger partial charge in [-0.1, -0.05) is 18.2 Å². The van der Waals surface area contributed by atoms with E-state index in [9.17, 15) is 15.2 Å². The van der Waals surface area contributed by atoms with Gasteiger partial charge in [0.2, 0.25) is 0 Å². The van der Waals surface area contributed by atoms with Crippen LogP contribution < -0.4 is 0 Å². The van der Waals surface area contributed by atoms with Gasteiger partial charge in [-0.25, -0.2) is 4.79 Å². The topological polar surface area (TPSA) is 83.4 Å². The fraction of sp³-hybridized carbons (Fsp3) is 0.448. The van der Waals surface area contributed by atoms with Crippen molar-refractivity contribution >= 4 is 16.9 Å². The SMILES string of the molecule is Cc1cc(C2CC2)c(CN2CC[C@@H](N3CC(C#N)C3)C[C@@H]2c2ccc(C(=O)O)cc2)c2cc[nH]c12. The Morgan fingerprint density at radius 2 is 1.94 bits per heavy atom. The number of likely N-dealkylation sites (tertiary alicyclic amines) is 2. The Labute approximate surface area is 206 Å². The van der Waals surface area contributed by atoms with Crippen LogP contribution in [0.3, 0.4) is 0 Å². The van der Waals surface area contributed by atoms with Crippen molar-refractivity contribution in [3.05, 3.63) is 70.4 Å². The molecule has 6 nitrogen and oxygen atoms in total. The maximum Gasteiger partial charge on any atom is 0.335 e. The van der Waals surface area contributed by atoms with Crippen LogP contribution in [-0.2, 0) is 6.54 Å². The molecule has 1 saturated carbocycles. The van der Waals surface area contributed by atoms with Crippen molar-refractivity contribution in [2.75, 3.05) is 19.6 Å². The summed E-state index contributed by atoms with van der Waals surface area (Å²) in [5, 5.41) is 20.0. The number of aromatic amines is 1. The monoisotopic (exact) mass is 468 g/mol. The first kappa shape index (κ1) is 22.3. The van der Waals surface area contributed by atoms with E-state index in [-0.39, 0.29) is 12.0 Å². The Balaban J connectivity index is 1.33. The zero-order chi connectivity index (χ0) is 24.1. The minimum atomic E-state index is -0.887. The Bertz CT molecular complexity index is 1290. The number of aromatic carboxylic acids is 1. The Hall–Kier alpha value is -3.14. The number of hydrogen-bond acceptors (Lipinski definition) is 4. The third-order valence-electron chi connectivity index (χ3n) is 8.40. The molecular formula is C29H32N4O2. The summed E-state index contributed by atoms with van der Waals surface area (Å²) >= 11 is 0. The number of nitriles is 1. The molecule has 0 spiro atoms. The van der Waals surface area contributed by atoms with Gasteiger partial charge in [-0.15, -0.1) is 0 Å². The molecule has 3 aliphatic rings. The number of nitrogens with zero attached hydrogens (tertiary/aromatic N) is 3.